The van der Waals surface area contributed by atoms with Crippen LogP contribution in [0.25, 0.3) is 11.1 Å². The summed E-state index contributed by atoms with van der Waals surface area (Å²) in [4.78, 5) is 26.9. The van der Waals surface area contributed by atoms with Crippen molar-refractivity contribution >= 4 is 34.0 Å². The van der Waals surface area contributed by atoms with E-state index in [0.29, 0.717) is 16.4 Å². The molecule has 0 spiro atoms. The summed E-state index contributed by atoms with van der Waals surface area (Å²) < 4.78 is 0. The lowest BCUT2D eigenvalue weighted by molar-refractivity contribution is 0.0957. The van der Waals surface area contributed by atoms with Gasteiger partial charge in [0.25, 0.3) is 5.91 Å². The van der Waals surface area contributed by atoms with Gasteiger partial charge < -0.3 is 16.4 Å². The van der Waals surface area contributed by atoms with Crippen LogP contribution in [0.5, 0.6) is 0 Å². The van der Waals surface area contributed by atoms with Crippen LogP contribution in [-0.2, 0) is 0 Å². The normalized spacial score (nSPS) is 10.3. The first-order chi connectivity index (χ1) is 12.1. The Morgan fingerprint density at radius 3 is 2.16 bits per heavy atom. The number of primary amides is 1. The van der Waals surface area contributed by atoms with Crippen LogP contribution in [0.15, 0.2) is 53.9 Å². The Kier molecular flexibility index (Phi) is 4.76. The molecule has 1 aromatic heterocycles. The molecule has 0 aliphatic carbocycles. The van der Waals surface area contributed by atoms with Crippen LogP contribution in [0.3, 0.4) is 0 Å². The maximum atomic E-state index is 11.5. The zero-order valence-electron chi connectivity index (χ0n) is 13.4. The van der Waals surface area contributed by atoms with Crippen molar-refractivity contribution in [3.63, 3.8) is 0 Å². The molecule has 0 fully saturated rings. The third-order valence-corrected chi connectivity index (χ3v) is 4.36. The van der Waals surface area contributed by atoms with Crippen molar-refractivity contribution < 1.29 is 9.59 Å². The highest BCUT2D eigenvalue weighted by molar-refractivity contribution is 7.14. The Hall–Kier alpha value is -3.19. The minimum absolute atomic E-state index is 0.209. The number of nitrogens with zero attached hydrogens (tertiary/aromatic N) is 1. The van der Waals surface area contributed by atoms with E-state index in [2.05, 4.69) is 15.6 Å². The van der Waals surface area contributed by atoms with Crippen LogP contribution in [0.4, 0.5) is 10.8 Å². The summed E-state index contributed by atoms with van der Waals surface area (Å²) in [5.74, 6) is -0.648. The molecule has 4 N–H and O–H groups in total. The number of nitrogens with one attached hydrogen (secondary N) is 2. The molecule has 7 heteroatoms. The van der Waals surface area contributed by atoms with Crippen molar-refractivity contribution in [1.29, 1.82) is 0 Å². The second-order valence-corrected chi connectivity index (χ2v) is 6.12. The molecule has 6 nitrogen and oxygen atoms in total. The van der Waals surface area contributed by atoms with Gasteiger partial charge >= 0.3 is 0 Å². The van der Waals surface area contributed by atoms with E-state index in [0.717, 1.165) is 16.8 Å². The number of hydrogen-bond acceptors (Lipinski definition) is 5. The van der Waals surface area contributed by atoms with E-state index in [1.54, 1.807) is 24.6 Å². The number of nitrogens with two attached hydrogens (primary N) is 1. The number of aromatic nitrogens is 1. The average molecular weight is 352 g/mol. The first-order valence-corrected chi connectivity index (χ1v) is 8.40. The molecule has 3 aromatic rings. The van der Waals surface area contributed by atoms with Crippen LogP contribution < -0.4 is 16.4 Å². The predicted molar refractivity (Wildman–Crippen MR) is 99.2 cm³/mol. The quantitative estimate of drug-likeness (QED) is 0.657. The molecular weight excluding hydrogens is 336 g/mol. The van der Waals surface area contributed by atoms with Gasteiger partial charge in [0, 0.05) is 23.7 Å². The van der Waals surface area contributed by atoms with Gasteiger partial charge in [0.2, 0.25) is 5.91 Å². The van der Waals surface area contributed by atoms with E-state index in [1.807, 2.05) is 36.4 Å². The molecule has 0 aliphatic heterocycles. The molecule has 0 saturated carbocycles. The fourth-order valence-electron chi connectivity index (χ4n) is 2.26. The number of hydrogen-bond donors (Lipinski definition) is 3. The Bertz CT molecular complexity index is 902. The van der Waals surface area contributed by atoms with Crippen LogP contribution in [0, 0.1) is 0 Å². The third kappa shape index (κ3) is 3.84. The van der Waals surface area contributed by atoms with Gasteiger partial charge in [0.15, 0.2) is 5.13 Å². The van der Waals surface area contributed by atoms with Gasteiger partial charge in [-0.1, -0.05) is 24.3 Å². The second-order valence-electron chi connectivity index (χ2n) is 5.26. The lowest BCUT2D eigenvalue weighted by Gasteiger charge is -2.06. The number of anilines is 2. The lowest BCUT2D eigenvalue weighted by atomic mass is 10.0. The molecule has 0 saturated heterocycles. The van der Waals surface area contributed by atoms with Crippen molar-refractivity contribution in [1.82, 2.24) is 10.3 Å². The summed E-state index contributed by atoms with van der Waals surface area (Å²) in [6.45, 7) is 0. The van der Waals surface area contributed by atoms with Crippen molar-refractivity contribution in [2.75, 3.05) is 12.4 Å². The molecule has 0 aliphatic rings. The summed E-state index contributed by atoms with van der Waals surface area (Å²) in [5.41, 5.74) is 9.01. The molecule has 126 valence electrons. The molecule has 2 amide bonds. The van der Waals surface area contributed by atoms with Gasteiger partial charge in [0.05, 0.1) is 0 Å². The molecule has 3 rings (SSSR count). The minimum atomic E-state index is -0.439. The van der Waals surface area contributed by atoms with E-state index in [9.17, 15) is 9.59 Å². The van der Waals surface area contributed by atoms with E-state index in [4.69, 9.17) is 5.73 Å². The second kappa shape index (κ2) is 7.14. The fraction of sp³-hybridized carbons (Fsp3) is 0.0556. The standard InChI is InChI=1S/C18H16N4O2S/c1-20-17(24)15-10-25-18(22-15)21-14-8-6-12(7-9-14)11-2-4-13(5-3-11)16(19)23/h2-10H,1H3,(H2,19,23)(H,20,24)(H,21,22). The zero-order chi connectivity index (χ0) is 17.8. The van der Waals surface area contributed by atoms with Gasteiger partial charge in [-0.2, -0.15) is 0 Å². The van der Waals surface area contributed by atoms with Crippen LogP contribution >= 0.6 is 11.3 Å². The van der Waals surface area contributed by atoms with Crippen LogP contribution in [0.2, 0.25) is 0 Å². The Labute approximate surface area is 148 Å². The Morgan fingerprint density at radius 1 is 1.00 bits per heavy atom. The molecule has 0 radical (unpaired) electrons. The summed E-state index contributed by atoms with van der Waals surface area (Å²) in [6, 6.07) is 14.9. The van der Waals surface area contributed by atoms with Crippen molar-refractivity contribution in [2.24, 2.45) is 5.73 Å². The molecule has 0 unspecified atom stereocenters. The van der Waals surface area contributed by atoms with E-state index >= 15 is 0 Å². The first kappa shape index (κ1) is 16.7. The van der Waals surface area contributed by atoms with Crippen LogP contribution in [0.1, 0.15) is 20.8 Å². The van der Waals surface area contributed by atoms with E-state index < -0.39 is 5.91 Å². The Morgan fingerprint density at radius 2 is 1.60 bits per heavy atom. The number of carbonyl (C=O) groups excluding carboxylic acids is 2. The zero-order valence-corrected chi connectivity index (χ0v) is 14.3. The van der Waals surface area contributed by atoms with Crippen molar-refractivity contribution in [3.05, 3.63) is 65.2 Å². The maximum Gasteiger partial charge on any atom is 0.270 e. The molecule has 25 heavy (non-hydrogen) atoms. The lowest BCUT2D eigenvalue weighted by Crippen LogP contribution is -2.17. The Balaban J connectivity index is 1.72. The van der Waals surface area contributed by atoms with Crippen molar-refractivity contribution in [3.8, 4) is 11.1 Å². The monoisotopic (exact) mass is 352 g/mol. The highest BCUT2D eigenvalue weighted by Crippen LogP contribution is 2.25. The number of rotatable bonds is 5. The van der Waals surface area contributed by atoms with Gasteiger partial charge in [-0.05, 0) is 35.4 Å². The topological polar surface area (TPSA) is 97.1 Å². The number of carbonyl (C=O) groups is 2. The maximum absolute atomic E-state index is 11.5. The largest absolute Gasteiger partial charge is 0.366 e. The SMILES string of the molecule is CNC(=O)c1csc(Nc2ccc(-c3ccc(C(N)=O)cc3)cc2)n1. The molecular formula is C18H16N4O2S. The van der Waals surface area contributed by atoms with Crippen molar-refractivity contribution in [2.45, 2.75) is 0 Å². The fourth-order valence-corrected chi connectivity index (χ4v) is 2.97. The molecule has 2 aromatic carbocycles. The summed E-state index contributed by atoms with van der Waals surface area (Å²) in [6.07, 6.45) is 0. The van der Waals surface area contributed by atoms with Gasteiger partial charge in [-0.15, -0.1) is 11.3 Å². The molecule has 0 bridgehead atoms. The summed E-state index contributed by atoms with van der Waals surface area (Å²) in [5, 5.41) is 8.07. The summed E-state index contributed by atoms with van der Waals surface area (Å²) >= 11 is 1.37. The smallest absolute Gasteiger partial charge is 0.270 e. The number of thiazole rings is 1. The number of amides is 2. The van der Waals surface area contributed by atoms with Gasteiger partial charge in [0.1, 0.15) is 5.69 Å². The molecule has 0 atom stereocenters. The summed E-state index contributed by atoms with van der Waals surface area (Å²) in [7, 11) is 1.57. The third-order valence-electron chi connectivity index (χ3n) is 3.60. The highest BCUT2D eigenvalue weighted by atomic mass is 32.1. The molecule has 1 heterocycles. The van der Waals surface area contributed by atoms with Crippen LogP contribution in [-0.4, -0.2) is 23.8 Å². The van der Waals surface area contributed by atoms with E-state index in [-0.39, 0.29) is 5.91 Å². The van der Waals surface area contributed by atoms with E-state index in [1.165, 1.54) is 11.3 Å². The average Bonchev–Trinajstić information content (AvgIpc) is 3.10. The first-order valence-electron chi connectivity index (χ1n) is 7.52. The van der Waals surface area contributed by atoms with Gasteiger partial charge in [-0.25, -0.2) is 4.98 Å². The highest BCUT2D eigenvalue weighted by Gasteiger charge is 2.09. The minimum Gasteiger partial charge on any atom is -0.366 e. The predicted octanol–water partition coefficient (Wildman–Crippen LogP) is 3.01. The van der Waals surface area contributed by atoms with Gasteiger partial charge in [-0.3, -0.25) is 9.59 Å². The number of benzene rings is 2.